The lowest BCUT2D eigenvalue weighted by molar-refractivity contribution is 0.0746. The molecule has 4 heterocycles. The van der Waals surface area contributed by atoms with Gasteiger partial charge in [-0.05, 0) is 61.7 Å². The molecule has 8 heteroatoms. The summed E-state index contributed by atoms with van der Waals surface area (Å²) >= 11 is 0. The van der Waals surface area contributed by atoms with E-state index in [0.29, 0.717) is 25.3 Å². The van der Waals surface area contributed by atoms with Gasteiger partial charge >= 0.3 is 0 Å². The number of benzene rings is 1. The van der Waals surface area contributed by atoms with Gasteiger partial charge in [-0.15, -0.1) is 0 Å². The molecule has 2 aromatic heterocycles. The maximum atomic E-state index is 13.2. The quantitative estimate of drug-likeness (QED) is 0.505. The topological polar surface area (TPSA) is 65.0 Å². The number of piperazine rings is 1. The summed E-state index contributed by atoms with van der Waals surface area (Å²) < 4.78 is 5.25. The predicted molar refractivity (Wildman–Crippen MR) is 146 cm³/mol. The van der Waals surface area contributed by atoms with Crippen molar-refractivity contribution in [3.63, 3.8) is 0 Å². The number of allylic oxidation sites excluding steroid dienone is 1. The highest BCUT2D eigenvalue weighted by Gasteiger charge is 2.25. The molecule has 1 amide bonds. The van der Waals surface area contributed by atoms with E-state index < -0.39 is 0 Å². The Bertz CT molecular complexity index is 1280. The van der Waals surface area contributed by atoms with E-state index in [1.54, 1.807) is 13.3 Å². The second kappa shape index (κ2) is 10.5. The van der Waals surface area contributed by atoms with E-state index in [1.807, 2.05) is 35.4 Å². The third kappa shape index (κ3) is 5.38. The number of carbonyl (C=O) groups is 1. The number of ether oxygens (including phenoxy) is 1. The van der Waals surface area contributed by atoms with E-state index in [1.165, 1.54) is 11.1 Å². The molecule has 0 aliphatic carbocycles. The Morgan fingerprint density at radius 1 is 0.946 bits per heavy atom. The van der Waals surface area contributed by atoms with Gasteiger partial charge in [-0.25, -0.2) is 9.97 Å². The van der Waals surface area contributed by atoms with Crippen molar-refractivity contribution < 1.29 is 9.53 Å². The van der Waals surface area contributed by atoms with Gasteiger partial charge in [0.1, 0.15) is 17.4 Å². The summed E-state index contributed by atoms with van der Waals surface area (Å²) in [6.45, 7) is 10.6. The number of methoxy groups -OCH3 is 1. The molecule has 5 rings (SSSR count). The molecule has 0 bridgehead atoms. The van der Waals surface area contributed by atoms with Crippen LogP contribution >= 0.6 is 0 Å². The molecule has 0 spiro atoms. The second-order valence-electron chi connectivity index (χ2n) is 9.77. The molecule has 0 saturated carbocycles. The van der Waals surface area contributed by atoms with Crippen molar-refractivity contribution in [3.8, 4) is 5.75 Å². The maximum Gasteiger partial charge on any atom is 0.255 e. The van der Waals surface area contributed by atoms with Crippen LogP contribution in [0, 0.1) is 13.8 Å². The number of aryl methyl sites for hydroxylation is 2. The van der Waals surface area contributed by atoms with Crippen LogP contribution < -0.4 is 14.5 Å². The zero-order chi connectivity index (χ0) is 25.9. The predicted octanol–water partition coefficient (Wildman–Crippen LogP) is 4.21. The molecule has 0 atom stereocenters. The molecule has 1 aromatic carbocycles. The van der Waals surface area contributed by atoms with Crippen LogP contribution in [0.2, 0.25) is 0 Å². The summed E-state index contributed by atoms with van der Waals surface area (Å²) in [6, 6.07) is 14.1. The van der Waals surface area contributed by atoms with Crippen LogP contribution in [0.4, 0.5) is 11.6 Å². The first kappa shape index (κ1) is 24.6. The van der Waals surface area contributed by atoms with Crippen molar-refractivity contribution in [2.75, 3.05) is 49.8 Å². The van der Waals surface area contributed by atoms with Crippen molar-refractivity contribution in [1.82, 2.24) is 19.8 Å². The number of carbonyl (C=O) groups excluding carboxylic acids is 1. The average Bonchev–Trinajstić information content (AvgIpc) is 3.28. The Hall–Kier alpha value is -4.07. The van der Waals surface area contributed by atoms with Gasteiger partial charge in [-0.2, -0.15) is 0 Å². The number of hydrogen-bond acceptors (Lipinski definition) is 7. The minimum absolute atomic E-state index is 0.0297. The number of pyridine rings is 2. The normalized spacial score (nSPS) is 15.7. The van der Waals surface area contributed by atoms with Gasteiger partial charge in [0, 0.05) is 57.0 Å². The summed E-state index contributed by atoms with van der Waals surface area (Å²) in [4.78, 5) is 31.0. The van der Waals surface area contributed by atoms with Gasteiger partial charge < -0.3 is 24.3 Å². The minimum Gasteiger partial charge on any atom is -0.497 e. The van der Waals surface area contributed by atoms with Crippen LogP contribution in [0.15, 0.2) is 66.8 Å². The van der Waals surface area contributed by atoms with Crippen molar-refractivity contribution in [3.05, 3.63) is 89.0 Å². The molecule has 1 fully saturated rings. The van der Waals surface area contributed by atoms with Gasteiger partial charge in [-0.1, -0.05) is 18.2 Å². The third-order valence-electron chi connectivity index (χ3n) is 6.99. The number of nitrogens with zero attached hydrogens (tertiary/aromatic N) is 6. The van der Waals surface area contributed by atoms with Gasteiger partial charge in [0.2, 0.25) is 0 Å². The molecule has 8 nitrogen and oxygen atoms in total. The zero-order valence-electron chi connectivity index (χ0n) is 22.0. The average molecular weight is 499 g/mol. The van der Waals surface area contributed by atoms with Crippen LogP contribution in [-0.2, 0) is 6.54 Å². The Labute approximate surface area is 218 Å². The zero-order valence-corrected chi connectivity index (χ0v) is 22.0. The molecule has 2 aliphatic heterocycles. The molecule has 192 valence electrons. The molecule has 2 aliphatic rings. The van der Waals surface area contributed by atoms with Crippen LogP contribution in [0.1, 0.15) is 34.0 Å². The van der Waals surface area contributed by atoms with E-state index in [9.17, 15) is 4.79 Å². The van der Waals surface area contributed by atoms with E-state index in [-0.39, 0.29) is 5.91 Å². The molecule has 0 radical (unpaired) electrons. The van der Waals surface area contributed by atoms with Crippen LogP contribution in [0.5, 0.6) is 5.75 Å². The Kier molecular flexibility index (Phi) is 6.99. The first-order valence-corrected chi connectivity index (χ1v) is 12.7. The Morgan fingerprint density at radius 3 is 2.35 bits per heavy atom. The smallest absolute Gasteiger partial charge is 0.255 e. The molecule has 0 unspecified atom stereocenters. The first-order chi connectivity index (χ1) is 17.9. The van der Waals surface area contributed by atoms with E-state index in [4.69, 9.17) is 4.74 Å². The van der Waals surface area contributed by atoms with Crippen LogP contribution in [0.3, 0.4) is 0 Å². The number of rotatable bonds is 6. The van der Waals surface area contributed by atoms with Crippen LogP contribution in [-0.4, -0.2) is 65.6 Å². The fraction of sp³-hybridized carbons (Fsp3) is 0.345. The molecule has 1 saturated heterocycles. The van der Waals surface area contributed by atoms with Gasteiger partial charge in [-0.3, -0.25) is 4.79 Å². The Morgan fingerprint density at radius 2 is 1.70 bits per heavy atom. The maximum absolute atomic E-state index is 13.2. The fourth-order valence-corrected chi connectivity index (χ4v) is 5.00. The van der Waals surface area contributed by atoms with Gasteiger partial charge in [0.05, 0.1) is 19.3 Å². The molecular weight excluding hydrogens is 464 g/mol. The van der Waals surface area contributed by atoms with Crippen molar-refractivity contribution in [2.45, 2.75) is 27.3 Å². The summed E-state index contributed by atoms with van der Waals surface area (Å²) in [7, 11) is 1.68. The van der Waals surface area contributed by atoms with Crippen LogP contribution in [0.25, 0.3) is 0 Å². The van der Waals surface area contributed by atoms with Gasteiger partial charge in [0.15, 0.2) is 0 Å². The number of amides is 1. The summed E-state index contributed by atoms with van der Waals surface area (Å²) in [5.41, 5.74) is 5.30. The highest BCUT2D eigenvalue weighted by Crippen LogP contribution is 2.25. The van der Waals surface area contributed by atoms with Crippen molar-refractivity contribution >= 4 is 17.5 Å². The lowest BCUT2D eigenvalue weighted by atomic mass is 10.2. The standard InChI is InChI=1S/C29H34N6O2/c1-21-15-22(2)28(31-16-21)33-11-13-34(14-12-33)29(36)25-7-10-27(30-17-25)35-20-32(18-23(35)3)19-24-5-8-26(37-4)9-6-24/h5-10,15-18H,11-14,19-20H2,1-4H3. The number of hydrogen-bond donors (Lipinski definition) is 0. The number of anilines is 2. The highest BCUT2D eigenvalue weighted by molar-refractivity contribution is 5.94. The van der Waals surface area contributed by atoms with E-state index >= 15 is 0 Å². The van der Waals surface area contributed by atoms with Gasteiger partial charge in [0.25, 0.3) is 5.91 Å². The number of aromatic nitrogens is 2. The third-order valence-corrected chi connectivity index (χ3v) is 6.99. The van der Waals surface area contributed by atoms with Crippen molar-refractivity contribution in [1.29, 1.82) is 0 Å². The SMILES string of the molecule is COc1ccc(CN2C=C(C)N(c3ccc(C(=O)N4CCN(c5ncc(C)cc5C)CC4)cn3)C2)cc1. The summed E-state index contributed by atoms with van der Waals surface area (Å²) in [5.74, 6) is 2.74. The van der Waals surface area contributed by atoms with E-state index in [0.717, 1.165) is 48.3 Å². The van der Waals surface area contributed by atoms with Crippen molar-refractivity contribution in [2.24, 2.45) is 0 Å². The lowest BCUT2D eigenvalue weighted by Gasteiger charge is -2.36. The summed E-state index contributed by atoms with van der Waals surface area (Å²) in [6.07, 6.45) is 5.76. The molecular formula is C29H34N6O2. The fourth-order valence-electron chi connectivity index (χ4n) is 5.00. The molecule has 37 heavy (non-hydrogen) atoms. The lowest BCUT2D eigenvalue weighted by Crippen LogP contribution is -2.49. The summed E-state index contributed by atoms with van der Waals surface area (Å²) in [5, 5.41) is 0. The second-order valence-corrected chi connectivity index (χ2v) is 9.77. The molecule has 3 aromatic rings. The monoisotopic (exact) mass is 498 g/mol. The largest absolute Gasteiger partial charge is 0.497 e. The Balaban J connectivity index is 1.17. The molecule has 0 N–H and O–H groups in total. The first-order valence-electron chi connectivity index (χ1n) is 12.7. The van der Waals surface area contributed by atoms with E-state index in [2.05, 4.69) is 69.8 Å². The minimum atomic E-state index is 0.0297. The highest BCUT2D eigenvalue weighted by atomic mass is 16.5.